The van der Waals surface area contributed by atoms with Crippen molar-refractivity contribution < 1.29 is 30.3 Å². The van der Waals surface area contributed by atoms with Gasteiger partial charge in [-0.25, -0.2) is 0 Å². The first-order chi connectivity index (χ1) is 5.54. The lowest BCUT2D eigenvalue weighted by molar-refractivity contribution is -0.193. The number of methoxy groups -OCH3 is 1. The Morgan fingerprint density at radius 1 is 1.08 bits per heavy atom. The molecular weight excluding hydrogens is 168 g/mol. The smallest absolute Gasteiger partial charge is 0.183 e. The topological polar surface area (TPSA) is 110 Å². The van der Waals surface area contributed by atoms with Crippen molar-refractivity contribution in [2.24, 2.45) is 0 Å². The molecule has 5 N–H and O–H groups in total. The number of aliphatic hydroxyl groups excluding tert-OH is 5. The molecule has 0 aliphatic heterocycles. The maximum Gasteiger partial charge on any atom is 0.183 e. The van der Waals surface area contributed by atoms with E-state index in [9.17, 15) is 0 Å². The summed E-state index contributed by atoms with van der Waals surface area (Å²) >= 11 is 0. The molecule has 0 heterocycles. The van der Waals surface area contributed by atoms with Crippen LogP contribution < -0.4 is 0 Å². The van der Waals surface area contributed by atoms with Crippen molar-refractivity contribution in [2.75, 3.05) is 13.7 Å². The number of hydrogen-bond donors (Lipinski definition) is 5. The zero-order chi connectivity index (χ0) is 9.72. The van der Waals surface area contributed by atoms with E-state index in [-0.39, 0.29) is 0 Å². The minimum absolute atomic E-state index is 0.700. The van der Waals surface area contributed by atoms with Crippen LogP contribution in [0.25, 0.3) is 0 Å². The first-order valence-electron chi connectivity index (χ1n) is 3.40. The zero-order valence-electron chi connectivity index (χ0n) is 6.66. The molecule has 0 spiro atoms. The van der Waals surface area contributed by atoms with E-state index in [0.717, 1.165) is 7.11 Å². The minimum atomic E-state index is -1.64. The molecule has 0 aromatic rings. The van der Waals surface area contributed by atoms with E-state index in [0.29, 0.717) is 0 Å². The highest BCUT2D eigenvalue weighted by atomic mass is 16.6. The summed E-state index contributed by atoms with van der Waals surface area (Å²) in [5, 5.41) is 44.0. The highest BCUT2D eigenvalue weighted by Crippen LogP contribution is 2.04. The van der Waals surface area contributed by atoms with Gasteiger partial charge in [0.15, 0.2) is 6.29 Å². The van der Waals surface area contributed by atoms with Gasteiger partial charge in [-0.3, -0.25) is 0 Å². The highest BCUT2D eigenvalue weighted by Gasteiger charge is 2.29. The second kappa shape index (κ2) is 5.41. The third-order valence-electron chi connectivity index (χ3n) is 1.46. The summed E-state index contributed by atoms with van der Waals surface area (Å²) in [4.78, 5) is 0. The van der Waals surface area contributed by atoms with Gasteiger partial charge in [-0.1, -0.05) is 0 Å². The van der Waals surface area contributed by atoms with Gasteiger partial charge in [-0.2, -0.15) is 0 Å². The van der Waals surface area contributed by atoms with Crippen LogP contribution in [0.1, 0.15) is 0 Å². The Labute approximate surface area is 69.6 Å². The van der Waals surface area contributed by atoms with Crippen molar-refractivity contribution >= 4 is 0 Å². The molecule has 74 valence electrons. The van der Waals surface area contributed by atoms with Crippen molar-refractivity contribution in [2.45, 2.75) is 24.6 Å². The summed E-state index contributed by atoms with van der Waals surface area (Å²) in [5.41, 5.74) is 0. The second-order valence-electron chi connectivity index (χ2n) is 2.36. The lowest BCUT2D eigenvalue weighted by Gasteiger charge is -2.24. The molecule has 6 nitrogen and oxygen atoms in total. The summed E-state index contributed by atoms with van der Waals surface area (Å²) in [6.07, 6.45) is -6.35. The normalized spacial score (nSPS) is 21.5. The fourth-order valence-electron chi connectivity index (χ4n) is 0.644. The Balaban J connectivity index is 3.99. The van der Waals surface area contributed by atoms with Gasteiger partial charge in [0, 0.05) is 7.11 Å². The van der Waals surface area contributed by atoms with Crippen molar-refractivity contribution in [1.29, 1.82) is 0 Å². The summed E-state index contributed by atoms with van der Waals surface area (Å²) in [5.74, 6) is 0. The largest absolute Gasteiger partial charge is 0.394 e. The molecule has 0 saturated carbocycles. The van der Waals surface area contributed by atoms with E-state index in [4.69, 9.17) is 25.5 Å². The molecule has 0 aliphatic carbocycles. The van der Waals surface area contributed by atoms with Gasteiger partial charge in [-0.05, 0) is 0 Å². The Bertz CT molecular complexity index is 105. The molecule has 0 unspecified atom stereocenters. The monoisotopic (exact) mass is 182 g/mol. The lowest BCUT2D eigenvalue weighted by atomic mass is 10.1. The maximum atomic E-state index is 8.99. The van der Waals surface area contributed by atoms with Crippen LogP contribution in [-0.4, -0.2) is 63.9 Å². The molecule has 0 aliphatic rings. The van der Waals surface area contributed by atoms with Crippen LogP contribution in [0, 0.1) is 0 Å². The fraction of sp³-hybridized carbons (Fsp3) is 1.00. The molecule has 6 heteroatoms. The molecule has 4 atom stereocenters. The first kappa shape index (κ1) is 11.8. The third kappa shape index (κ3) is 3.02. The molecule has 0 fully saturated rings. The van der Waals surface area contributed by atoms with Crippen LogP contribution in [0.3, 0.4) is 0 Å². The van der Waals surface area contributed by atoms with Gasteiger partial charge in [0.05, 0.1) is 6.61 Å². The van der Waals surface area contributed by atoms with Crippen molar-refractivity contribution in [3.63, 3.8) is 0 Å². The van der Waals surface area contributed by atoms with E-state index in [1.54, 1.807) is 0 Å². The van der Waals surface area contributed by atoms with Crippen molar-refractivity contribution in [1.82, 2.24) is 0 Å². The van der Waals surface area contributed by atoms with Crippen LogP contribution in [0.5, 0.6) is 0 Å². The zero-order valence-corrected chi connectivity index (χ0v) is 6.66. The number of ether oxygens (including phenoxy) is 1. The molecule has 12 heavy (non-hydrogen) atoms. The SMILES string of the molecule is CO[C@@H](O)[C@H](O)[C@H](O)[C@H](O)CO. The Kier molecular flexibility index (Phi) is 5.31. The third-order valence-corrected chi connectivity index (χ3v) is 1.46. The highest BCUT2D eigenvalue weighted by molar-refractivity contribution is 4.76. The van der Waals surface area contributed by atoms with Crippen molar-refractivity contribution in [3.8, 4) is 0 Å². The number of hydrogen-bond acceptors (Lipinski definition) is 6. The summed E-state index contributed by atoms with van der Waals surface area (Å²) in [7, 11) is 1.13. The van der Waals surface area contributed by atoms with E-state index in [2.05, 4.69) is 4.74 Å². The molecule has 0 aromatic heterocycles. The maximum absolute atomic E-state index is 8.99. The number of rotatable bonds is 5. The average Bonchev–Trinajstić information content (AvgIpc) is 2.12. The van der Waals surface area contributed by atoms with Gasteiger partial charge in [0.1, 0.15) is 18.3 Å². The van der Waals surface area contributed by atoms with Gasteiger partial charge >= 0.3 is 0 Å². The fourth-order valence-corrected chi connectivity index (χ4v) is 0.644. The molecule has 0 saturated heterocycles. The van der Waals surface area contributed by atoms with E-state index in [1.807, 2.05) is 0 Å². The summed E-state index contributed by atoms with van der Waals surface area (Å²) in [6.45, 7) is -0.700. The van der Waals surface area contributed by atoms with Crippen LogP contribution in [0.15, 0.2) is 0 Å². The van der Waals surface area contributed by atoms with E-state index < -0.39 is 31.2 Å². The summed E-state index contributed by atoms with van der Waals surface area (Å²) < 4.78 is 4.28. The Hall–Kier alpha value is -0.240. The lowest BCUT2D eigenvalue weighted by Crippen LogP contribution is -2.46. The Morgan fingerprint density at radius 3 is 1.92 bits per heavy atom. The van der Waals surface area contributed by atoms with Gasteiger partial charge in [0.2, 0.25) is 0 Å². The van der Waals surface area contributed by atoms with Crippen LogP contribution in [0.4, 0.5) is 0 Å². The molecule has 0 aromatic carbocycles. The summed E-state index contributed by atoms with van der Waals surface area (Å²) in [6, 6.07) is 0. The van der Waals surface area contributed by atoms with Gasteiger partial charge in [-0.15, -0.1) is 0 Å². The van der Waals surface area contributed by atoms with Crippen LogP contribution >= 0.6 is 0 Å². The van der Waals surface area contributed by atoms with Crippen LogP contribution in [0.2, 0.25) is 0 Å². The van der Waals surface area contributed by atoms with Gasteiger partial charge < -0.3 is 30.3 Å². The van der Waals surface area contributed by atoms with E-state index in [1.165, 1.54) is 0 Å². The second-order valence-corrected chi connectivity index (χ2v) is 2.36. The van der Waals surface area contributed by atoms with Crippen LogP contribution in [-0.2, 0) is 4.74 Å². The molecule has 0 bridgehead atoms. The Morgan fingerprint density at radius 2 is 1.58 bits per heavy atom. The van der Waals surface area contributed by atoms with E-state index >= 15 is 0 Å². The molecule has 0 radical (unpaired) electrons. The molecule has 0 amide bonds. The van der Waals surface area contributed by atoms with Gasteiger partial charge in [0.25, 0.3) is 0 Å². The average molecular weight is 182 g/mol. The predicted molar refractivity (Wildman–Crippen MR) is 38.1 cm³/mol. The predicted octanol–water partition coefficient (Wildman–Crippen LogP) is -2.97. The first-order valence-corrected chi connectivity index (χ1v) is 3.40. The molecule has 0 rings (SSSR count). The minimum Gasteiger partial charge on any atom is -0.394 e. The molecular formula is C6H14O6. The van der Waals surface area contributed by atoms with Crippen molar-refractivity contribution in [3.05, 3.63) is 0 Å². The quantitative estimate of drug-likeness (QED) is 0.290. The standard InChI is InChI=1S/C6H14O6/c1-12-6(11)5(10)4(9)3(8)2-7/h3-11H,2H2,1H3/t3-,4-,5-,6-/m1/s1. The number of aliphatic hydroxyl groups is 5.